The highest BCUT2D eigenvalue weighted by molar-refractivity contribution is 6.74. The van der Waals surface area contributed by atoms with E-state index < -0.39 is 58.9 Å². The molecule has 14 nitrogen and oxygen atoms in total. The van der Waals surface area contributed by atoms with E-state index in [2.05, 4.69) is 87.8 Å². The van der Waals surface area contributed by atoms with Gasteiger partial charge in [0, 0.05) is 45.1 Å². The van der Waals surface area contributed by atoms with Crippen LogP contribution in [-0.4, -0.2) is 156 Å². The molecule has 16 heteroatoms. The number of methoxy groups -OCH3 is 1. The minimum atomic E-state index is -2.26. The predicted molar refractivity (Wildman–Crippen MR) is 290 cm³/mol. The lowest BCUT2D eigenvalue weighted by atomic mass is 9.81. The van der Waals surface area contributed by atoms with E-state index in [1.54, 1.807) is 19.2 Å². The highest BCUT2D eigenvalue weighted by Crippen LogP contribution is 2.55. The number of carbonyl (C=O) groups excluding carboxylic acids is 1. The van der Waals surface area contributed by atoms with E-state index in [9.17, 15) is 15.0 Å². The van der Waals surface area contributed by atoms with E-state index in [-0.39, 0.29) is 102 Å². The Labute approximate surface area is 450 Å². The summed E-state index contributed by atoms with van der Waals surface area (Å²) in [4.78, 5) is 13.7. The van der Waals surface area contributed by atoms with Gasteiger partial charge in [0.2, 0.25) is 0 Å². The van der Waals surface area contributed by atoms with Crippen LogP contribution in [0.25, 0.3) is 0 Å². The van der Waals surface area contributed by atoms with Crippen molar-refractivity contribution in [3.05, 3.63) is 60.2 Å². The Bertz CT molecular complexity index is 2140. The fraction of sp³-hybridized carbons (Fsp3) is 0.814. The van der Waals surface area contributed by atoms with Crippen molar-refractivity contribution in [1.29, 1.82) is 0 Å². The average molecular weight is 1080 g/mol. The molecule has 9 aliphatic rings. The Morgan fingerprint density at radius 2 is 1.43 bits per heavy atom. The Kier molecular flexibility index (Phi) is 17.4. The number of aliphatic hydroxyl groups excluding tert-OH is 2. The molecule has 9 aliphatic heterocycles. The van der Waals surface area contributed by atoms with E-state index in [1.165, 1.54) is 0 Å². The molecule has 10 rings (SSSR count). The van der Waals surface area contributed by atoms with Crippen molar-refractivity contribution in [3.63, 3.8) is 0 Å². The van der Waals surface area contributed by atoms with Crippen LogP contribution in [0.1, 0.15) is 142 Å². The fourth-order valence-electron chi connectivity index (χ4n) is 13.0. The van der Waals surface area contributed by atoms with E-state index in [4.69, 9.17) is 51.5 Å². The number of rotatable bonds is 10. The van der Waals surface area contributed by atoms with Gasteiger partial charge in [-0.1, -0.05) is 79.8 Å². The van der Waals surface area contributed by atoms with Crippen LogP contribution < -0.4 is 0 Å². The number of hydrogen-bond acceptors (Lipinski definition) is 14. The number of benzene rings is 1. The van der Waals surface area contributed by atoms with Crippen LogP contribution in [0.15, 0.2) is 54.6 Å². The van der Waals surface area contributed by atoms with Gasteiger partial charge in [-0.3, -0.25) is 0 Å². The largest absolute Gasteiger partial charge is 0.458 e. The molecule has 1 spiro atoms. The summed E-state index contributed by atoms with van der Waals surface area (Å²) in [5.41, 5.74) is 2.07. The molecule has 422 valence electrons. The maximum absolute atomic E-state index is 13.7. The van der Waals surface area contributed by atoms with Gasteiger partial charge in [0.1, 0.15) is 36.6 Å². The van der Waals surface area contributed by atoms with Gasteiger partial charge in [-0.05, 0) is 117 Å². The third kappa shape index (κ3) is 12.5. The Balaban J connectivity index is 1.00. The average Bonchev–Trinajstić information content (AvgIpc) is 3.90. The maximum Gasteiger partial charge on any atom is 0.338 e. The van der Waals surface area contributed by atoms with Gasteiger partial charge in [-0.2, -0.15) is 0 Å². The molecule has 75 heavy (non-hydrogen) atoms. The summed E-state index contributed by atoms with van der Waals surface area (Å²) in [7, 11) is -2.63. The second kappa shape index (κ2) is 22.6. The van der Waals surface area contributed by atoms with Gasteiger partial charge in [-0.15, -0.1) is 0 Å². The molecule has 1 aromatic carbocycles. The first-order valence-electron chi connectivity index (χ1n) is 28.7. The highest BCUT2D eigenvalue weighted by Gasteiger charge is 2.69. The molecular weight excluding hydrogens is 989 g/mol. The molecule has 9 fully saturated rings. The first-order chi connectivity index (χ1) is 35.2. The standard InChI is InChI=1S/C59H94O14Si2/c1-34-26-39-20-22-44(61)35(2)27-41(67-56(62)37-18-16-15-17-19-37)24-25-59-32-49-52(71-59)53-54(70-49)55(72-59)51-45(69-53)23-21-40(66-51)28-38(60)29-43-47(31-46(65-39)36(34)3)68-48(50(43)63-10)30-42(73-75(13,14)58(7,8)9)33-64-74(11,12)57(4,5)6/h15-19,34,38-55,60-61H,2-3,20-33H2,1,4-14H3/t34-,38?,39?,40-,41+,42+,43?,44-,45+,46?,47?,48-,49?,50-,51+,52+,53+,54-,55+,59+/m1/s1. The van der Waals surface area contributed by atoms with Crippen LogP contribution in [0.3, 0.4) is 0 Å². The van der Waals surface area contributed by atoms with Gasteiger partial charge in [-0.25, -0.2) is 4.79 Å². The van der Waals surface area contributed by atoms with Crippen molar-refractivity contribution in [2.24, 2.45) is 11.8 Å². The second-order valence-corrected chi connectivity index (χ2v) is 36.5. The van der Waals surface area contributed by atoms with Crippen LogP contribution >= 0.6 is 0 Å². The van der Waals surface area contributed by atoms with Gasteiger partial charge >= 0.3 is 5.97 Å². The van der Waals surface area contributed by atoms with Crippen molar-refractivity contribution in [2.75, 3.05) is 13.7 Å². The lowest BCUT2D eigenvalue weighted by Gasteiger charge is -2.47. The Morgan fingerprint density at radius 3 is 2.13 bits per heavy atom. The summed E-state index contributed by atoms with van der Waals surface area (Å²) in [6.45, 7) is 34.4. The van der Waals surface area contributed by atoms with E-state index in [0.29, 0.717) is 75.5 Å². The monoisotopic (exact) mass is 1080 g/mol. The van der Waals surface area contributed by atoms with Crippen LogP contribution in [0.4, 0.5) is 0 Å². The summed E-state index contributed by atoms with van der Waals surface area (Å²) in [6, 6.07) is 8.99. The third-order valence-electron chi connectivity index (χ3n) is 19.5. The van der Waals surface area contributed by atoms with Crippen molar-refractivity contribution < 1.29 is 66.5 Å². The van der Waals surface area contributed by atoms with Crippen molar-refractivity contribution >= 4 is 22.6 Å². The smallest absolute Gasteiger partial charge is 0.338 e. The molecule has 0 amide bonds. The van der Waals surface area contributed by atoms with Crippen LogP contribution in [-0.2, 0) is 51.5 Å². The predicted octanol–water partition coefficient (Wildman–Crippen LogP) is 10.1. The van der Waals surface area contributed by atoms with Gasteiger partial charge in [0.05, 0.1) is 79.3 Å². The molecule has 9 saturated heterocycles. The molecule has 10 bridgehead atoms. The summed E-state index contributed by atoms with van der Waals surface area (Å²) in [6.07, 6.45) is 0.474. The maximum atomic E-state index is 13.7. The number of esters is 1. The van der Waals surface area contributed by atoms with Crippen LogP contribution in [0.2, 0.25) is 36.3 Å². The lowest BCUT2D eigenvalue weighted by molar-refractivity contribution is -0.294. The second-order valence-electron chi connectivity index (χ2n) is 26.9. The normalized spacial score (nSPS) is 41.4. The summed E-state index contributed by atoms with van der Waals surface area (Å²) < 4.78 is 75.9. The van der Waals surface area contributed by atoms with E-state index in [1.807, 2.05) is 18.2 Å². The highest BCUT2D eigenvalue weighted by atomic mass is 28.4. The summed E-state index contributed by atoms with van der Waals surface area (Å²) >= 11 is 0. The number of carbonyl (C=O) groups is 1. The van der Waals surface area contributed by atoms with E-state index in [0.717, 1.165) is 24.8 Å². The van der Waals surface area contributed by atoms with Crippen molar-refractivity contribution in [1.82, 2.24) is 0 Å². The molecule has 6 unspecified atom stereocenters. The van der Waals surface area contributed by atoms with Crippen molar-refractivity contribution in [3.8, 4) is 0 Å². The summed E-state index contributed by atoms with van der Waals surface area (Å²) in [5, 5.41) is 24.2. The van der Waals surface area contributed by atoms with Crippen molar-refractivity contribution in [2.45, 2.75) is 278 Å². The molecule has 9 heterocycles. The van der Waals surface area contributed by atoms with Gasteiger partial charge in [0.15, 0.2) is 22.4 Å². The fourth-order valence-corrected chi connectivity index (χ4v) is 15.4. The molecule has 2 N–H and O–H groups in total. The Hall–Kier alpha value is -1.88. The molecular formula is C59H94O14Si2. The van der Waals surface area contributed by atoms with Crippen LogP contribution in [0, 0.1) is 11.8 Å². The summed E-state index contributed by atoms with van der Waals surface area (Å²) in [5.74, 6) is -1.46. The zero-order valence-electron chi connectivity index (χ0n) is 47.5. The molecule has 20 atom stereocenters. The molecule has 0 aliphatic carbocycles. The zero-order valence-corrected chi connectivity index (χ0v) is 49.5. The van der Waals surface area contributed by atoms with Gasteiger partial charge < -0.3 is 61.7 Å². The Morgan fingerprint density at radius 1 is 0.760 bits per heavy atom. The molecule has 0 radical (unpaired) electrons. The number of aliphatic hydroxyl groups is 2. The quantitative estimate of drug-likeness (QED) is 0.130. The van der Waals surface area contributed by atoms with E-state index >= 15 is 0 Å². The topological polar surface area (TPSA) is 159 Å². The lowest BCUT2D eigenvalue weighted by Crippen LogP contribution is -2.61. The molecule has 0 aromatic heterocycles. The molecule has 0 saturated carbocycles. The third-order valence-corrected chi connectivity index (χ3v) is 28.5. The minimum absolute atomic E-state index is 0.0177. The first kappa shape index (κ1) is 57.8. The minimum Gasteiger partial charge on any atom is -0.458 e. The molecule has 1 aromatic rings. The number of fused-ring (bicyclic) bond motifs is 4. The number of hydrogen-bond donors (Lipinski definition) is 2. The van der Waals surface area contributed by atoms with Gasteiger partial charge in [0.25, 0.3) is 0 Å². The zero-order chi connectivity index (χ0) is 54.0. The number of ether oxygens (including phenoxy) is 9. The first-order valence-corrected chi connectivity index (χ1v) is 34.5. The van der Waals surface area contributed by atoms with Crippen LogP contribution in [0.5, 0.6) is 0 Å². The SMILES string of the molecule is C=C1C2CC3O[C@H](C[C@@H](CO[Si](C)(C)C(C)(C)C)O[Si](C)(C)C(C)(C)C)[C@H](OC)C3CC(O)C[C@H]3CC[C@@H]4O[C@@H]5[C@H]6OC7C[C@](CC[C@H](OC(=O)c8ccccc8)CC(=C)[C@H](O)CCC(C[C@H]1C)O2)(O[C@H]6[C@H]4O3)O[C@@H]75.